The number of fused-ring (bicyclic) bond motifs is 1. The van der Waals surface area contributed by atoms with E-state index in [-0.39, 0.29) is 5.91 Å². The van der Waals surface area contributed by atoms with E-state index < -0.39 is 0 Å². The van der Waals surface area contributed by atoms with Crippen LogP contribution in [0.5, 0.6) is 0 Å². The highest BCUT2D eigenvalue weighted by molar-refractivity contribution is 9.10. The Morgan fingerprint density at radius 2 is 1.91 bits per heavy atom. The van der Waals surface area contributed by atoms with Crippen molar-refractivity contribution in [1.82, 2.24) is 10.4 Å². The van der Waals surface area contributed by atoms with E-state index in [1.165, 1.54) is 0 Å². The Labute approximate surface area is 142 Å². The molecular formula is C18H14BrN3O. The molecule has 1 N–H and O–H groups in total. The lowest BCUT2D eigenvalue weighted by Gasteiger charge is -2.06. The molecular weight excluding hydrogens is 354 g/mol. The molecule has 0 saturated heterocycles. The van der Waals surface area contributed by atoms with E-state index in [2.05, 4.69) is 31.4 Å². The summed E-state index contributed by atoms with van der Waals surface area (Å²) in [6, 6.07) is 17.0. The zero-order chi connectivity index (χ0) is 16.2. The highest BCUT2D eigenvalue weighted by Crippen LogP contribution is 2.18. The van der Waals surface area contributed by atoms with Gasteiger partial charge < -0.3 is 0 Å². The van der Waals surface area contributed by atoms with Crippen LogP contribution in [0.4, 0.5) is 0 Å². The molecule has 0 bridgehead atoms. The molecule has 1 amide bonds. The molecule has 0 atom stereocenters. The van der Waals surface area contributed by atoms with E-state index in [9.17, 15) is 4.79 Å². The first-order valence-electron chi connectivity index (χ1n) is 7.09. The summed E-state index contributed by atoms with van der Waals surface area (Å²) in [6.45, 7) is 1.87. The number of rotatable bonds is 3. The van der Waals surface area contributed by atoms with Gasteiger partial charge in [-0.3, -0.25) is 9.78 Å². The summed E-state index contributed by atoms with van der Waals surface area (Å²) in [5.74, 6) is -0.250. The van der Waals surface area contributed by atoms with E-state index in [0.717, 1.165) is 26.6 Å². The predicted molar refractivity (Wildman–Crippen MR) is 95.7 cm³/mol. The molecule has 0 spiro atoms. The lowest BCUT2D eigenvalue weighted by atomic mass is 10.1. The van der Waals surface area contributed by atoms with Gasteiger partial charge in [-0.15, -0.1) is 0 Å². The van der Waals surface area contributed by atoms with Gasteiger partial charge in [0.15, 0.2) is 0 Å². The molecule has 2 aromatic carbocycles. The van der Waals surface area contributed by atoms with Crippen molar-refractivity contribution in [3.63, 3.8) is 0 Å². The molecule has 1 aromatic heterocycles. The lowest BCUT2D eigenvalue weighted by molar-refractivity contribution is 0.0956. The minimum Gasteiger partial charge on any atom is -0.267 e. The van der Waals surface area contributed by atoms with Gasteiger partial charge in [-0.2, -0.15) is 5.10 Å². The minimum atomic E-state index is -0.250. The highest BCUT2D eigenvalue weighted by Gasteiger charge is 2.10. The molecule has 0 aliphatic rings. The highest BCUT2D eigenvalue weighted by atomic mass is 79.9. The molecule has 0 unspecified atom stereocenters. The average molecular weight is 368 g/mol. The zero-order valence-corrected chi connectivity index (χ0v) is 14.0. The fraction of sp³-hybridized carbons (Fsp3) is 0.0556. The van der Waals surface area contributed by atoms with Crippen LogP contribution in [0.3, 0.4) is 0 Å². The summed E-state index contributed by atoms with van der Waals surface area (Å²) >= 11 is 3.38. The monoisotopic (exact) mass is 367 g/mol. The number of para-hydroxylation sites is 1. The molecule has 1 heterocycles. The number of halogens is 1. The van der Waals surface area contributed by atoms with Gasteiger partial charge in [0.25, 0.3) is 5.91 Å². The molecule has 0 radical (unpaired) electrons. The van der Waals surface area contributed by atoms with Crippen molar-refractivity contribution in [2.75, 3.05) is 0 Å². The van der Waals surface area contributed by atoms with E-state index in [1.807, 2.05) is 55.5 Å². The minimum absolute atomic E-state index is 0.250. The van der Waals surface area contributed by atoms with Crippen molar-refractivity contribution < 1.29 is 4.79 Å². The van der Waals surface area contributed by atoms with Crippen molar-refractivity contribution >= 4 is 39.0 Å². The number of aromatic nitrogens is 1. The van der Waals surface area contributed by atoms with Crippen LogP contribution in [0.2, 0.25) is 0 Å². The normalized spacial score (nSPS) is 11.0. The molecule has 114 valence electrons. The van der Waals surface area contributed by atoms with Crippen molar-refractivity contribution in [1.29, 1.82) is 0 Å². The first-order valence-corrected chi connectivity index (χ1v) is 7.88. The largest absolute Gasteiger partial charge is 0.272 e. The quantitative estimate of drug-likeness (QED) is 0.560. The summed E-state index contributed by atoms with van der Waals surface area (Å²) in [7, 11) is 0. The number of hydrazone groups is 1. The molecule has 0 aliphatic carbocycles. The van der Waals surface area contributed by atoms with Gasteiger partial charge in [0.1, 0.15) is 0 Å². The molecule has 0 aliphatic heterocycles. The Hall–Kier alpha value is -2.53. The Morgan fingerprint density at radius 3 is 2.70 bits per heavy atom. The average Bonchev–Trinajstić information content (AvgIpc) is 2.55. The Kier molecular flexibility index (Phi) is 4.48. The van der Waals surface area contributed by atoms with Crippen LogP contribution in [-0.2, 0) is 0 Å². The number of benzene rings is 2. The fourth-order valence-electron chi connectivity index (χ4n) is 2.27. The predicted octanol–water partition coefficient (Wildman–Crippen LogP) is 4.07. The van der Waals surface area contributed by atoms with Gasteiger partial charge in [0, 0.05) is 15.6 Å². The number of pyridine rings is 1. The van der Waals surface area contributed by atoms with Crippen LogP contribution in [0.25, 0.3) is 10.9 Å². The van der Waals surface area contributed by atoms with Crippen molar-refractivity contribution in [2.45, 2.75) is 6.92 Å². The third kappa shape index (κ3) is 3.63. The number of hydrogen-bond acceptors (Lipinski definition) is 3. The summed E-state index contributed by atoms with van der Waals surface area (Å²) in [4.78, 5) is 16.8. The molecule has 3 rings (SSSR count). The van der Waals surface area contributed by atoms with E-state index >= 15 is 0 Å². The third-order valence-electron chi connectivity index (χ3n) is 3.34. The van der Waals surface area contributed by atoms with Crippen LogP contribution < -0.4 is 5.43 Å². The molecule has 23 heavy (non-hydrogen) atoms. The maximum absolute atomic E-state index is 12.4. The number of aryl methyl sites for hydroxylation is 1. The molecule has 4 nitrogen and oxygen atoms in total. The fourth-order valence-corrected chi connectivity index (χ4v) is 2.53. The van der Waals surface area contributed by atoms with E-state index in [0.29, 0.717) is 5.56 Å². The van der Waals surface area contributed by atoms with Crippen LogP contribution >= 0.6 is 15.9 Å². The van der Waals surface area contributed by atoms with Gasteiger partial charge in [0.05, 0.1) is 17.3 Å². The Bertz CT molecular complexity index is 888. The van der Waals surface area contributed by atoms with Crippen LogP contribution in [-0.4, -0.2) is 17.1 Å². The first-order chi connectivity index (χ1) is 11.1. The topological polar surface area (TPSA) is 54.4 Å². The molecule has 0 fully saturated rings. The molecule has 3 aromatic rings. The summed E-state index contributed by atoms with van der Waals surface area (Å²) in [6.07, 6.45) is 1.61. The van der Waals surface area contributed by atoms with Gasteiger partial charge in [-0.25, -0.2) is 5.43 Å². The van der Waals surface area contributed by atoms with Gasteiger partial charge in [-0.05, 0) is 36.8 Å². The maximum atomic E-state index is 12.4. The van der Waals surface area contributed by atoms with Crippen LogP contribution in [0.1, 0.15) is 21.6 Å². The molecule has 5 heteroatoms. The van der Waals surface area contributed by atoms with Crippen molar-refractivity contribution in [3.8, 4) is 0 Å². The molecule has 0 saturated carbocycles. The second-order valence-corrected chi connectivity index (χ2v) is 5.99. The van der Waals surface area contributed by atoms with Gasteiger partial charge >= 0.3 is 0 Å². The standard InChI is InChI=1S/C18H14BrN3O/c1-12-10-16(15-4-2-3-5-17(15)21-12)18(23)22-20-11-13-6-8-14(19)9-7-13/h2-11H,1H3,(H,22,23)/b20-11-. The number of hydrogen-bond donors (Lipinski definition) is 1. The number of nitrogens with one attached hydrogen (secondary N) is 1. The number of carbonyl (C=O) groups is 1. The Morgan fingerprint density at radius 1 is 1.17 bits per heavy atom. The first kappa shape index (κ1) is 15.4. The second-order valence-electron chi connectivity index (χ2n) is 5.08. The van der Waals surface area contributed by atoms with Crippen molar-refractivity contribution in [3.05, 3.63) is 75.9 Å². The number of nitrogens with zero attached hydrogens (tertiary/aromatic N) is 2. The van der Waals surface area contributed by atoms with E-state index in [1.54, 1.807) is 12.3 Å². The SMILES string of the molecule is Cc1cc(C(=O)N/N=C\c2ccc(Br)cc2)c2ccccc2n1. The summed E-state index contributed by atoms with van der Waals surface area (Å²) in [5, 5.41) is 4.84. The summed E-state index contributed by atoms with van der Waals surface area (Å²) < 4.78 is 0.998. The van der Waals surface area contributed by atoms with Crippen LogP contribution in [0.15, 0.2) is 64.2 Å². The third-order valence-corrected chi connectivity index (χ3v) is 3.87. The summed E-state index contributed by atoms with van der Waals surface area (Å²) in [5.41, 5.74) is 5.65. The Balaban J connectivity index is 1.82. The van der Waals surface area contributed by atoms with Crippen LogP contribution in [0, 0.1) is 6.92 Å². The lowest BCUT2D eigenvalue weighted by Crippen LogP contribution is -2.18. The van der Waals surface area contributed by atoms with Gasteiger partial charge in [-0.1, -0.05) is 46.3 Å². The zero-order valence-electron chi connectivity index (χ0n) is 12.5. The maximum Gasteiger partial charge on any atom is 0.272 e. The van der Waals surface area contributed by atoms with Crippen molar-refractivity contribution in [2.24, 2.45) is 5.10 Å². The smallest absolute Gasteiger partial charge is 0.267 e. The van der Waals surface area contributed by atoms with Gasteiger partial charge in [0.2, 0.25) is 0 Å². The van der Waals surface area contributed by atoms with E-state index in [4.69, 9.17) is 0 Å². The number of amides is 1. The number of carbonyl (C=O) groups excluding carboxylic acids is 1. The second kappa shape index (κ2) is 6.71.